The zero-order valence-electron chi connectivity index (χ0n) is 6.32. The molecular weight excluding hydrogens is 214 g/mol. The molecule has 0 aliphatic heterocycles. The molecule has 0 radical (unpaired) electrons. The van der Waals surface area contributed by atoms with Gasteiger partial charge < -0.3 is 0 Å². The van der Waals surface area contributed by atoms with Gasteiger partial charge >= 0.3 is 12.4 Å². The number of hydrogen-bond donors (Lipinski definition) is 0. The normalized spacial score (nSPS) is 13.0. The average molecular weight is 216 g/mol. The summed E-state index contributed by atoms with van der Waals surface area (Å²) in [6.45, 7) is 0. The lowest BCUT2D eigenvalue weighted by molar-refractivity contribution is -0.147. The van der Waals surface area contributed by atoms with Gasteiger partial charge in [0.15, 0.2) is 11.4 Å². The van der Waals surface area contributed by atoms with E-state index < -0.39 is 23.7 Å². The molecule has 1 heterocycles. The van der Waals surface area contributed by atoms with E-state index in [-0.39, 0.29) is 12.1 Å². The molecule has 0 spiro atoms. The molecule has 0 aromatic carbocycles. The van der Waals surface area contributed by atoms with E-state index in [0.29, 0.717) is 0 Å². The van der Waals surface area contributed by atoms with Gasteiger partial charge in [0.1, 0.15) is 0 Å². The Hall–Kier alpha value is -1.34. The zero-order valence-corrected chi connectivity index (χ0v) is 6.32. The summed E-state index contributed by atoms with van der Waals surface area (Å²) in [7, 11) is 0. The highest BCUT2D eigenvalue weighted by molar-refractivity contribution is 5.11. The summed E-state index contributed by atoms with van der Waals surface area (Å²) >= 11 is 0. The van der Waals surface area contributed by atoms with Crippen molar-refractivity contribution in [2.45, 2.75) is 12.4 Å². The third-order valence-electron chi connectivity index (χ3n) is 1.25. The van der Waals surface area contributed by atoms with Gasteiger partial charge in [-0.2, -0.15) is 26.3 Å². The third-order valence-corrected chi connectivity index (χ3v) is 1.25. The largest absolute Gasteiger partial charge is 0.435 e. The molecule has 1 aromatic heterocycles. The van der Waals surface area contributed by atoms with Crippen molar-refractivity contribution in [3.8, 4) is 0 Å². The third kappa shape index (κ3) is 2.33. The molecule has 0 amide bonds. The fourth-order valence-electron chi connectivity index (χ4n) is 0.635. The van der Waals surface area contributed by atoms with Gasteiger partial charge in [-0.15, -0.1) is 10.2 Å². The highest BCUT2D eigenvalue weighted by Gasteiger charge is 2.36. The molecule has 0 N–H and O–H groups in total. The standard InChI is InChI=1S/C6H2F6N2/c7-5(8,9)3-1-2-4(14-13-3)6(10,11)12/h1-2H. The fourth-order valence-corrected chi connectivity index (χ4v) is 0.635. The minimum absolute atomic E-state index is 0.232. The lowest BCUT2D eigenvalue weighted by Crippen LogP contribution is -2.14. The first-order valence-corrected chi connectivity index (χ1v) is 3.19. The molecule has 14 heavy (non-hydrogen) atoms. The van der Waals surface area contributed by atoms with E-state index in [0.717, 1.165) is 0 Å². The summed E-state index contributed by atoms with van der Waals surface area (Å²) in [6, 6.07) is 0.464. The smallest absolute Gasteiger partial charge is 0.164 e. The van der Waals surface area contributed by atoms with Crippen LogP contribution in [0.4, 0.5) is 26.3 Å². The molecule has 78 valence electrons. The second-order valence-corrected chi connectivity index (χ2v) is 2.30. The van der Waals surface area contributed by atoms with Gasteiger partial charge in [0, 0.05) is 0 Å². The van der Waals surface area contributed by atoms with E-state index in [1.165, 1.54) is 0 Å². The van der Waals surface area contributed by atoms with E-state index in [1.807, 2.05) is 0 Å². The number of nitrogens with zero attached hydrogens (tertiary/aromatic N) is 2. The maximum absolute atomic E-state index is 11.8. The van der Waals surface area contributed by atoms with Gasteiger partial charge in [-0.3, -0.25) is 0 Å². The Morgan fingerprint density at radius 2 is 1.00 bits per heavy atom. The van der Waals surface area contributed by atoms with E-state index in [1.54, 1.807) is 0 Å². The molecule has 0 unspecified atom stereocenters. The first kappa shape index (κ1) is 10.7. The number of halogens is 6. The average Bonchev–Trinajstić information content (AvgIpc) is 2.01. The van der Waals surface area contributed by atoms with Gasteiger partial charge in [-0.1, -0.05) is 0 Å². The number of rotatable bonds is 0. The lowest BCUT2D eigenvalue weighted by atomic mass is 10.3. The minimum atomic E-state index is -4.78. The molecule has 1 rings (SSSR count). The first-order valence-electron chi connectivity index (χ1n) is 3.19. The highest BCUT2D eigenvalue weighted by atomic mass is 19.4. The Bertz CT molecular complexity index is 278. The van der Waals surface area contributed by atoms with Crippen molar-refractivity contribution < 1.29 is 26.3 Å². The van der Waals surface area contributed by atoms with Crippen LogP contribution in [0.5, 0.6) is 0 Å². The molecule has 2 nitrogen and oxygen atoms in total. The monoisotopic (exact) mass is 216 g/mol. The van der Waals surface area contributed by atoms with Crippen LogP contribution in [0.15, 0.2) is 12.1 Å². The Kier molecular flexibility index (Phi) is 2.38. The molecule has 8 heteroatoms. The van der Waals surface area contributed by atoms with Crippen molar-refractivity contribution >= 4 is 0 Å². The predicted octanol–water partition coefficient (Wildman–Crippen LogP) is 2.51. The fraction of sp³-hybridized carbons (Fsp3) is 0.333. The van der Waals surface area contributed by atoms with Gasteiger partial charge in [-0.05, 0) is 12.1 Å². The maximum Gasteiger partial charge on any atom is 0.435 e. The quantitative estimate of drug-likeness (QED) is 0.622. The maximum atomic E-state index is 11.8. The predicted molar refractivity (Wildman–Crippen MR) is 32.0 cm³/mol. The Morgan fingerprint density at radius 1 is 0.714 bits per heavy atom. The summed E-state index contributed by atoms with van der Waals surface area (Å²) in [5.74, 6) is 0. The van der Waals surface area contributed by atoms with Gasteiger partial charge in [-0.25, -0.2) is 0 Å². The number of hydrogen-bond acceptors (Lipinski definition) is 2. The van der Waals surface area contributed by atoms with E-state index in [4.69, 9.17) is 0 Å². The van der Waals surface area contributed by atoms with Crippen molar-refractivity contribution in [2.24, 2.45) is 0 Å². The van der Waals surface area contributed by atoms with Crippen molar-refractivity contribution in [3.63, 3.8) is 0 Å². The van der Waals surface area contributed by atoms with E-state index in [9.17, 15) is 26.3 Å². The summed E-state index contributed by atoms with van der Waals surface area (Å²) in [6.07, 6.45) is -9.56. The van der Waals surface area contributed by atoms with Crippen LogP contribution >= 0.6 is 0 Å². The molecular formula is C6H2F6N2. The van der Waals surface area contributed by atoms with Crippen LogP contribution in [-0.4, -0.2) is 10.2 Å². The number of aromatic nitrogens is 2. The van der Waals surface area contributed by atoms with Gasteiger partial charge in [0.2, 0.25) is 0 Å². The second-order valence-electron chi connectivity index (χ2n) is 2.30. The topological polar surface area (TPSA) is 25.8 Å². The summed E-state index contributed by atoms with van der Waals surface area (Å²) in [4.78, 5) is 0. The summed E-state index contributed by atoms with van der Waals surface area (Å²) in [5.41, 5.74) is -2.91. The summed E-state index contributed by atoms with van der Waals surface area (Å²) < 4.78 is 71.0. The Labute approximate surface area is 73.6 Å². The molecule has 0 saturated heterocycles. The van der Waals surface area contributed by atoms with Gasteiger partial charge in [0.05, 0.1) is 0 Å². The van der Waals surface area contributed by atoms with Crippen molar-refractivity contribution in [2.75, 3.05) is 0 Å². The van der Waals surface area contributed by atoms with Crippen LogP contribution in [0.3, 0.4) is 0 Å². The molecule has 0 saturated carbocycles. The van der Waals surface area contributed by atoms with Gasteiger partial charge in [0.25, 0.3) is 0 Å². The van der Waals surface area contributed by atoms with E-state index in [2.05, 4.69) is 10.2 Å². The Morgan fingerprint density at radius 3 is 1.14 bits per heavy atom. The lowest BCUT2D eigenvalue weighted by Gasteiger charge is -2.06. The molecule has 0 bridgehead atoms. The van der Waals surface area contributed by atoms with E-state index >= 15 is 0 Å². The first-order chi connectivity index (χ1) is 6.21. The van der Waals surface area contributed by atoms with Crippen LogP contribution in [0, 0.1) is 0 Å². The summed E-state index contributed by atoms with van der Waals surface area (Å²) in [5, 5.41) is 4.84. The van der Waals surface area contributed by atoms with Crippen molar-refractivity contribution in [3.05, 3.63) is 23.5 Å². The number of alkyl halides is 6. The van der Waals surface area contributed by atoms with Crippen LogP contribution in [0.25, 0.3) is 0 Å². The second kappa shape index (κ2) is 3.10. The molecule has 0 aliphatic carbocycles. The molecule has 1 aromatic rings. The van der Waals surface area contributed by atoms with Crippen LogP contribution in [0.1, 0.15) is 11.4 Å². The van der Waals surface area contributed by atoms with Crippen LogP contribution in [-0.2, 0) is 12.4 Å². The van der Waals surface area contributed by atoms with Crippen molar-refractivity contribution in [1.82, 2.24) is 10.2 Å². The highest BCUT2D eigenvalue weighted by Crippen LogP contribution is 2.30. The van der Waals surface area contributed by atoms with Crippen LogP contribution < -0.4 is 0 Å². The van der Waals surface area contributed by atoms with Crippen molar-refractivity contribution in [1.29, 1.82) is 0 Å². The molecule has 0 atom stereocenters. The molecule has 0 fully saturated rings. The SMILES string of the molecule is FC(F)(F)c1ccc(C(F)(F)F)nn1. The zero-order chi connectivity index (χ0) is 11.0. The minimum Gasteiger partial charge on any atom is -0.164 e. The van der Waals surface area contributed by atoms with Crippen LogP contribution in [0.2, 0.25) is 0 Å². The Balaban J connectivity index is 3.02. The molecule has 0 aliphatic rings.